The normalized spacial score (nSPS) is 40.4. The lowest BCUT2D eigenvalue weighted by Crippen LogP contribution is -2.53. The van der Waals surface area contributed by atoms with Crippen LogP contribution in [0.3, 0.4) is 0 Å². The van der Waals surface area contributed by atoms with Crippen molar-refractivity contribution in [3.63, 3.8) is 0 Å². The molecule has 1 heterocycles. The van der Waals surface area contributed by atoms with Crippen molar-refractivity contribution in [3.8, 4) is 0 Å². The first-order chi connectivity index (χ1) is 7.92. The van der Waals surface area contributed by atoms with Gasteiger partial charge < -0.3 is 10.6 Å². The van der Waals surface area contributed by atoms with Gasteiger partial charge in [0, 0.05) is 31.2 Å². The van der Waals surface area contributed by atoms with Crippen LogP contribution in [0.15, 0.2) is 0 Å². The van der Waals surface area contributed by atoms with Crippen LogP contribution in [0.2, 0.25) is 0 Å². The van der Waals surface area contributed by atoms with Crippen molar-refractivity contribution in [1.82, 2.24) is 9.80 Å². The van der Waals surface area contributed by atoms with Crippen LogP contribution >= 0.6 is 0 Å². The van der Waals surface area contributed by atoms with E-state index in [2.05, 4.69) is 37.6 Å². The van der Waals surface area contributed by atoms with Gasteiger partial charge in [-0.15, -0.1) is 0 Å². The first-order valence-electron chi connectivity index (χ1n) is 7.12. The molecule has 1 aliphatic heterocycles. The third-order valence-corrected chi connectivity index (χ3v) is 4.93. The van der Waals surface area contributed by atoms with Crippen LogP contribution < -0.4 is 5.73 Å². The molecule has 17 heavy (non-hydrogen) atoms. The minimum atomic E-state index is 0.322. The molecule has 0 bridgehead atoms. The number of hydrogen-bond donors (Lipinski definition) is 1. The van der Waals surface area contributed by atoms with E-state index in [1.165, 1.54) is 38.9 Å². The highest BCUT2D eigenvalue weighted by Crippen LogP contribution is 2.39. The fourth-order valence-electron chi connectivity index (χ4n) is 3.64. The zero-order chi connectivity index (χ0) is 12.6. The summed E-state index contributed by atoms with van der Waals surface area (Å²) >= 11 is 0. The quantitative estimate of drug-likeness (QED) is 0.753. The van der Waals surface area contributed by atoms with Gasteiger partial charge in [0.05, 0.1) is 0 Å². The van der Waals surface area contributed by atoms with Gasteiger partial charge in [-0.25, -0.2) is 0 Å². The van der Waals surface area contributed by atoms with Crippen molar-refractivity contribution in [3.05, 3.63) is 0 Å². The van der Waals surface area contributed by atoms with E-state index in [1.54, 1.807) is 0 Å². The Morgan fingerprint density at radius 1 is 1.24 bits per heavy atom. The molecule has 1 saturated heterocycles. The van der Waals surface area contributed by atoms with E-state index < -0.39 is 0 Å². The molecular formula is C14H29N3. The van der Waals surface area contributed by atoms with Gasteiger partial charge >= 0.3 is 0 Å². The molecule has 0 aromatic heterocycles. The zero-order valence-electron chi connectivity index (χ0n) is 11.9. The molecule has 3 heteroatoms. The highest BCUT2D eigenvalue weighted by molar-refractivity contribution is 5.00. The third-order valence-electron chi connectivity index (χ3n) is 4.93. The number of nitrogens with zero attached hydrogens (tertiary/aromatic N) is 2. The Kier molecular flexibility index (Phi) is 3.81. The molecule has 2 fully saturated rings. The van der Waals surface area contributed by atoms with Gasteiger partial charge in [0.25, 0.3) is 0 Å². The van der Waals surface area contributed by atoms with E-state index in [4.69, 9.17) is 5.73 Å². The largest absolute Gasteiger partial charge is 0.326 e. The summed E-state index contributed by atoms with van der Waals surface area (Å²) in [5, 5.41) is 0. The Morgan fingerprint density at radius 2 is 1.94 bits per heavy atom. The monoisotopic (exact) mass is 239 g/mol. The summed E-state index contributed by atoms with van der Waals surface area (Å²) in [6.45, 7) is 10.6. The van der Waals surface area contributed by atoms with Gasteiger partial charge in [-0.2, -0.15) is 0 Å². The SMILES string of the molecule is CC1CN(C)CCCN1C1CCC(C)(C)C1N. The van der Waals surface area contributed by atoms with Gasteiger partial charge in [0.15, 0.2) is 0 Å². The Balaban J connectivity index is 2.06. The summed E-state index contributed by atoms with van der Waals surface area (Å²) in [4.78, 5) is 5.14. The Bertz CT molecular complexity index is 264. The Labute approximate surface area is 106 Å². The average Bonchev–Trinajstić information content (AvgIpc) is 2.42. The number of likely N-dealkylation sites (N-methyl/N-ethyl adjacent to an activating group) is 1. The summed E-state index contributed by atoms with van der Waals surface area (Å²) in [6.07, 6.45) is 3.84. The molecular weight excluding hydrogens is 210 g/mol. The molecule has 0 radical (unpaired) electrons. The molecule has 3 unspecified atom stereocenters. The van der Waals surface area contributed by atoms with Crippen LogP contribution in [0.25, 0.3) is 0 Å². The summed E-state index contributed by atoms with van der Waals surface area (Å²) in [7, 11) is 2.23. The van der Waals surface area contributed by atoms with E-state index in [0.717, 1.165) is 0 Å². The van der Waals surface area contributed by atoms with Gasteiger partial charge in [-0.1, -0.05) is 13.8 Å². The lowest BCUT2D eigenvalue weighted by Gasteiger charge is -2.38. The first kappa shape index (κ1) is 13.3. The first-order valence-corrected chi connectivity index (χ1v) is 7.12. The molecule has 100 valence electrons. The highest BCUT2D eigenvalue weighted by atomic mass is 15.3. The molecule has 0 aromatic rings. The predicted molar refractivity (Wildman–Crippen MR) is 73.1 cm³/mol. The van der Waals surface area contributed by atoms with Crippen LogP contribution in [-0.2, 0) is 0 Å². The Hall–Kier alpha value is -0.120. The minimum absolute atomic E-state index is 0.322. The van der Waals surface area contributed by atoms with Gasteiger partial charge in [-0.05, 0) is 45.2 Å². The van der Waals surface area contributed by atoms with Gasteiger partial charge in [0.2, 0.25) is 0 Å². The average molecular weight is 239 g/mol. The highest BCUT2D eigenvalue weighted by Gasteiger charge is 2.43. The van der Waals surface area contributed by atoms with Crippen molar-refractivity contribution in [2.24, 2.45) is 11.1 Å². The van der Waals surface area contributed by atoms with Crippen LogP contribution in [0.1, 0.15) is 40.0 Å². The minimum Gasteiger partial charge on any atom is -0.326 e. The van der Waals surface area contributed by atoms with Crippen LogP contribution in [0.4, 0.5) is 0 Å². The topological polar surface area (TPSA) is 32.5 Å². The summed E-state index contributed by atoms with van der Waals surface area (Å²) in [6, 6.07) is 1.59. The second kappa shape index (κ2) is 4.87. The summed E-state index contributed by atoms with van der Waals surface area (Å²) in [5.74, 6) is 0. The van der Waals surface area contributed by atoms with E-state index >= 15 is 0 Å². The summed E-state index contributed by atoms with van der Waals surface area (Å²) < 4.78 is 0. The smallest absolute Gasteiger partial charge is 0.0256 e. The van der Waals surface area contributed by atoms with Crippen LogP contribution in [0, 0.1) is 5.41 Å². The molecule has 2 N–H and O–H groups in total. The second-order valence-corrected chi connectivity index (χ2v) is 6.82. The second-order valence-electron chi connectivity index (χ2n) is 6.82. The van der Waals surface area contributed by atoms with E-state index in [-0.39, 0.29) is 0 Å². The van der Waals surface area contributed by atoms with E-state index in [9.17, 15) is 0 Å². The molecule has 1 saturated carbocycles. The van der Waals surface area contributed by atoms with E-state index in [1.807, 2.05) is 0 Å². The van der Waals surface area contributed by atoms with Crippen molar-refractivity contribution in [2.75, 3.05) is 26.7 Å². The van der Waals surface area contributed by atoms with Crippen molar-refractivity contribution >= 4 is 0 Å². The van der Waals surface area contributed by atoms with Crippen molar-refractivity contribution in [1.29, 1.82) is 0 Å². The van der Waals surface area contributed by atoms with Gasteiger partial charge in [-0.3, -0.25) is 4.90 Å². The molecule has 2 rings (SSSR count). The third kappa shape index (κ3) is 2.67. The van der Waals surface area contributed by atoms with Crippen LogP contribution in [-0.4, -0.2) is 54.6 Å². The molecule has 1 aliphatic carbocycles. The predicted octanol–water partition coefficient (Wildman–Crippen LogP) is 1.53. The lowest BCUT2D eigenvalue weighted by molar-refractivity contribution is 0.121. The molecule has 2 aliphatic rings. The zero-order valence-corrected chi connectivity index (χ0v) is 11.9. The fraction of sp³-hybridized carbons (Fsp3) is 1.00. The number of rotatable bonds is 1. The van der Waals surface area contributed by atoms with E-state index in [0.29, 0.717) is 23.5 Å². The summed E-state index contributed by atoms with van der Waals surface area (Å²) in [5.41, 5.74) is 6.80. The maximum atomic E-state index is 6.48. The fourth-order valence-corrected chi connectivity index (χ4v) is 3.64. The maximum Gasteiger partial charge on any atom is 0.0256 e. The number of nitrogens with two attached hydrogens (primary N) is 1. The lowest BCUT2D eigenvalue weighted by atomic mass is 9.87. The Morgan fingerprint density at radius 3 is 2.53 bits per heavy atom. The molecule has 3 atom stereocenters. The van der Waals surface area contributed by atoms with Crippen LogP contribution in [0.5, 0.6) is 0 Å². The standard InChI is InChI=1S/C14H29N3/c1-11-10-16(4)8-5-9-17(11)12-6-7-14(2,3)13(12)15/h11-13H,5-10,15H2,1-4H3. The number of hydrogen-bond acceptors (Lipinski definition) is 3. The molecule has 0 amide bonds. The maximum absolute atomic E-state index is 6.48. The van der Waals surface area contributed by atoms with Crippen molar-refractivity contribution in [2.45, 2.75) is 58.2 Å². The van der Waals surface area contributed by atoms with Crippen molar-refractivity contribution < 1.29 is 0 Å². The van der Waals surface area contributed by atoms with Gasteiger partial charge in [0.1, 0.15) is 0 Å². The molecule has 3 nitrogen and oxygen atoms in total. The molecule has 0 spiro atoms. The molecule has 0 aromatic carbocycles.